The summed E-state index contributed by atoms with van der Waals surface area (Å²) in [6.07, 6.45) is 0. The van der Waals surface area contributed by atoms with Gasteiger partial charge in [-0.1, -0.05) is 30.3 Å². The van der Waals surface area contributed by atoms with E-state index in [-0.39, 0.29) is 5.78 Å². The number of hydrogen-bond acceptors (Lipinski definition) is 6. The third-order valence-corrected chi connectivity index (χ3v) is 4.57. The Balaban J connectivity index is 1.96. The highest BCUT2D eigenvalue weighted by Crippen LogP contribution is 2.28. The van der Waals surface area contributed by atoms with Gasteiger partial charge >= 0.3 is 0 Å². The minimum absolute atomic E-state index is 0.305. The highest BCUT2D eigenvalue weighted by Gasteiger charge is 2.29. The fourth-order valence-corrected chi connectivity index (χ4v) is 3.19. The van der Waals surface area contributed by atoms with E-state index in [0.29, 0.717) is 22.3 Å². The number of ether oxygens (including phenoxy) is 1. The molecule has 24 heavy (non-hydrogen) atoms. The molecule has 0 N–H and O–H groups in total. The predicted molar refractivity (Wildman–Crippen MR) is 90.0 cm³/mol. The minimum atomic E-state index is -1.01. The van der Waals surface area contributed by atoms with Crippen LogP contribution in [-0.4, -0.2) is 27.7 Å². The Bertz CT molecular complexity index is 908. The molecule has 0 saturated heterocycles. The number of benzene rings is 1. The molecule has 0 unspecified atom stereocenters. The second-order valence-corrected chi connectivity index (χ2v) is 6.00. The number of thiophene rings is 1. The lowest BCUT2D eigenvalue weighted by molar-refractivity contribution is 0.0978. The zero-order chi connectivity index (χ0) is 17.1. The van der Waals surface area contributed by atoms with Crippen molar-refractivity contribution < 1.29 is 9.53 Å². The third kappa shape index (κ3) is 2.79. The van der Waals surface area contributed by atoms with Crippen LogP contribution in [0.15, 0.2) is 41.8 Å². The van der Waals surface area contributed by atoms with Gasteiger partial charge in [-0.2, -0.15) is 5.26 Å². The number of nitriles is 1. The second-order valence-electron chi connectivity index (χ2n) is 5.08. The van der Waals surface area contributed by atoms with E-state index in [1.165, 1.54) is 18.4 Å². The number of ketones is 1. The summed E-state index contributed by atoms with van der Waals surface area (Å²) in [5.41, 5.74) is 0.876. The molecule has 0 fully saturated rings. The van der Waals surface area contributed by atoms with E-state index < -0.39 is 5.92 Å². The highest BCUT2D eigenvalue weighted by atomic mass is 32.1. The molecule has 0 bridgehead atoms. The van der Waals surface area contributed by atoms with E-state index >= 15 is 0 Å². The van der Waals surface area contributed by atoms with E-state index in [4.69, 9.17) is 4.74 Å². The summed E-state index contributed by atoms with van der Waals surface area (Å²) in [5, 5.41) is 19.5. The fourth-order valence-electron chi connectivity index (χ4n) is 2.36. The van der Waals surface area contributed by atoms with Gasteiger partial charge < -0.3 is 9.30 Å². The van der Waals surface area contributed by atoms with Crippen LogP contribution in [0.3, 0.4) is 0 Å². The molecule has 3 rings (SSSR count). The van der Waals surface area contributed by atoms with Crippen LogP contribution in [0.2, 0.25) is 0 Å². The van der Waals surface area contributed by atoms with Crippen LogP contribution in [0.25, 0.3) is 11.4 Å². The SMILES string of the molecule is COc1csc(C(=O)[C@@H](C#N)c2nnc(-c3ccccc3)n2C)c1. The van der Waals surface area contributed by atoms with Crippen molar-refractivity contribution in [2.24, 2.45) is 7.05 Å². The van der Waals surface area contributed by atoms with Gasteiger partial charge in [0.25, 0.3) is 0 Å². The highest BCUT2D eigenvalue weighted by molar-refractivity contribution is 7.12. The molecule has 120 valence electrons. The van der Waals surface area contributed by atoms with Gasteiger partial charge in [-0.3, -0.25) is 4.79 Å². The van der Waals surface area contributed by atoms with Crippen molar-refractivity contribution in [3.05, 3.63) is 52.5 Å². The first kappa shape index (κ1) is 15.9. The number of methoxy groups -OCH3 is 1. The number of Topliss-reactive ketones (excluding diaryl/α,β-unsaturated/α-hetero) is 1. The van der Waals surface area contributed by atoms with Crippen molar-refractivity contribution in [3.8, 4) is 23.2 Å². The molecule has 3 aromatic rings. The van der Waals surface area contributed by atoms with E-state index in [1.54, 1.807) is 23.1 Å². The van der Waals surface area contributed by atoms with Crippen LogP contribution in [0.1, 0.15) is 21.4 Å². The fraction of sp³-hybridized carbons (Fsp3) is 0.176. The maximum absolute atomic E-state index is 12.7. The van der Waals surface area contributed by atoms with Gasteiger partial charge in [0, 0.05) is 24.1 Å². The molecule has 0 saturated carbocycles. The summed E-state index contributed by atoms with van der Waals surface area (Å²) in [6, 6.07) is 13.2. The Morgan fingerprint density at radius 2 is 2.08 bits per heavy atom. The van der Waals surface area contributed by atoms with Gasteiger partial charge in [0.2, 0.25) is 0 Å². The van der Waals surface area contributed by atoms with Crippen LogP contribution in [-0.2, 0) is 7.05 Å². The maximum atomic E-state index is 12.7. The normalized spacial score (nSPS) is 11.7. The lowest BCUT2D eigenvalue weighted by Gasteiger charge is -2.07. The minimum Gasteiger partial charge on any atom is -0.496 e. The van der Waals surface area contributed by atoms with E-state index in [9.17, 15) is 10.1 Å². The monoisotopic (exact) mass is 338 g/mol. The van der Waals surface area contributed by atoms with E-state index in [2.05, 4.69) is 10.2 Å². The molecule has 1 atom stereocenters. The smallest absolute Gasteiger partial charge is 0.197 e. The zero-order valence-corrected chi connectivity index (χ0v) is 13.9. The third-order valence-electron chi connectivity index (χ3n) is 3.64. The summed E-state index contributed by atoms with van der Waals surface area (Å²) in [5.74, 6) is 0.225. The quantitative estimate of drug-likeness (QED) is 0.668. The van der Waals surface area contributed by atoms with Gasteiger partial charge in [0.1, 0.15) is 5.75 Å². The van der Waals surface area contributed by atoms with Gasteiger partial charge in [-0.15, -0.1) is 21.5 Å². The number of aromatic nitrogens is 3. The van der Waals surface area contributed by atoms with Gasteiger partial charge in [0.05, 0.1) is 18.1 Å². The van der Waals surface area contributed by atoms with Gasteiger partial charge in [0.15, 0.2) is 23.3 Å². The average molecular weight is 338 g/mol. The molecular weight excluding hydrogens is 324 g/mol. The largest absolute Gasteiger partial charge is 0.496 e. The van der Waals surface area contributed by atoms with Crippen molar-refractivity contribution >= 4 is 17.1 Å². The molecule has 0 aliphatic carbocycles. The van der Waals surface area contributed by atoms with Crippen LogP contribution in [0.5, 0.6) is 5.75 Å². The molecule has 1 aromatic carbocycles. The summed E-state index contributed by atoms with van der Waals surface area (Å²) < 4.78 is 6.78. The molecule has 6 nitrogen and oxygen atoms in total. The van der Waals surface area contributed by atoms with E-state index in [0.717, 1.165) is 5.56 Å². The van der Waals surface area contributed by atoms with Gasteiger partial charge in [-0.25, -0.2) is 0 Å². The van der Waals surface area contributed by atoms with Crippen molar-refractivity contribution in [2.75, 3.05) is 7.11 Å². The molecule has 2 aromatic heterocycles. The summed E-state index contributed by atoms with van der Waals surface area (Å²) in [4.78, 5) is 13.1. The number of carbonyl (C=O) groups excluding carboxylic acids is 1. The lowest BCUT2D eigenvalue weighted by atomic mass is 10.0. The van der Waals surface area contributed by atoms with Crippen molar-refractivity contribution in [2.45, 2.75) is 5.92 Å². The Morgan fingerprint density at radius 1 is 1.33 bits per heavy atom. The van der Waals surface area contributed by atoms with Crippen LogP contribution >= 0.6 is 11.3 Å². The summed E-state index contributed by atoms with van der Waals surface area (Å²) >= 11 is 1.25. The second kappa shape index (κ2) is 6.64. The molecule has 0 spiro atoms. The van der Waals surface area contributed by atoms with Crippen molar-refractivity contribution in [3.63, 3.8) is 0 Å². The number of carbonyl (C=O) groups is 1. The van der Waals surface area contributed by atoms with Crippen LogP contribution < -0.4 is 4.74 Å². The molecule has 0 radical (unpaired) electrons. The molecule has 7 heteroatoms. The Morgan fingerprint density at radius 3 is 2.71 bits per heavy atom. The zero-order valence-electron chi connectivity index (χ0n) is 13.1. The first-order chi connectivity index (χ1) is 11.7. The van der Waals surface area contributed by atoms with Crippen molar-refractivity contribution in [1.29, 1.82) is 5.26 Å². The predicted octanol–water partition coefficient (Wildman–Crippen LogP) is 3.04. The standard InChI is InChI=1S/C17H14N4O2S/c1-21-16(11-6-4-3-5-7-11)19-20-17(21)13(9-18)15(22)14-8-12(23-2)10-24-14/h3-8,10,13H,1-2H3/t13-/m1/s1. The first-order valence-corrected chi connectivity index (χ1v) is 8.04. The van der Waals surface area contributed by atoms with E-state index in [1.807, 2.05) is 36.4 Å². The Labute approximate surface area is 143 Å². The Kier molecular flexibility index (Phi) is 4.40. The number of hydrogen-bond donors (Lipinski definition) is 0. The molecule has 2 heterocycles. The van der Waals surface area contributed by atoms with Crippen molar-refractivity contribution in [1.82, 2.24) is 14.8 Å². The number of rotatable bonds is 5. The van der Waals surface area contributed by atoms with Crippen LogP contribution in [0, 0.1) is 11.3 Å². The van der Waals surface area contributed by atoms with Gasteiger partial charge in [-0.05, 0) is 0 Å². The molecule has 0 amide bonds. The summed E-state index contributed by atoms with van der Waals surface area (Å²) in [6.45, 7) is 0. The van der Waals surface area contributed by atoms with Crippen LogP contribution in [0.4, 0.5) is 0 Å². The molecule has 0 aliphatic rings. The maximum Gasteiger partial charge on any atom is 0.197 e. The molecular formula is C17H14N4O2S. The number of nitrogens with zero attached hydrogens (tertiary/aromatic N) is 4. The first-order valence-electron chi connectivity index (χ1n) is 7.16. The topological polar surface area (TPSA) is 80.8 Å². The average Bonchev–Trinajstić information content (AvgIpc) is 3.24. The lowest BCUT2D eigenvalue weighted by Crippen LogP contribution is -2.15. The summed E-state index contributed by atoms with van der Waals surface area (Å²) in [7, 11) is 3.29. The molecule has 0 aliphatic heterocycles. The Hall–Kier alpha value is -2.98.